The highest BCUT2D eigenvalue weighted by atomic mass is 32.2. The Balaban J connectivity index is 1.45. The number of benzene rings is 1. The van der Waals surface area contributed by atoms with Crippen molar-refractivity contribution in [3.63, 3.8) is 0 Å². The summed E-state index contributed by atoms with van der Waals surface area (Å²) in [4.78, 5) is 27.0. The summed E-state index contributed by atoms with van der Waals surface area (Å²) in [7, 11) is 1.83. The molecule has 1 N–H and O–H groups in total. The van der Waals surface area contributed by atoms with E-state index in [0.29, 0.717) is 30.3 Å². The van der Waals surface area contributed by atoms with E-state index in [1.165, 1.54) is 0 Å². The highest BCUT2D eigenvalue weighted by Gasteiger charge is 2.28. The lowest BCUT2D eigenvalue weighted by molar-refractivity contribution is 0.0891. The first-order valence-electron chi connectivity index (χ1n) is 11.7. The summed E-state index contributed by atoms with van der Waals surface area (Å²) >= 11 is 1.64. The number of piperidine rings is 1. The lowest BCUT2D eigenvalue weighted by Crippen LogP contribution is -2.45. The van der Waals surface area contributed by atoms with Gasteiger partial charge in [-0.15, -0.1) is 5.10 Å². The Kier molecular flexibility index (Phi) is 8.22. The third-order valence-corrected chi connectivity index (χ3v) is 6.89. The van der Waals surface area contributed by atoms with Crippen LogP contribution in [0.15, 0.2) is 29.4 Å². The quantitative estimate of drug-likeness (QED) is 0.584. The molecule has 3 rings (SSSR count). The molecule has 1 aromatic heterocycles. The van der Waals surface area contributed by atoms with Crippen molar-refractivity contribution >= 4 is 23.8 Å². The first-order chi connectivity index (χ1) is 15.9. The first kappa shape index (κ1) is 26.0. The zero-order valence-corrected chi connectivity index (χ0v) is 21.8. The van der Waals surface area contributed by atoms with E-state index < -0.39 is 0 Å². The van der Waals surface area contributed by atoms with Gasteiger partial charge in [-0.2, -0.15) is 0 Å². The number of carbonyl (C=O) groups excluding carboxylic acids is 2. The summed E-state index contributed by atoms with van der Waals surface area (Å²) in [6, 6.07) is 6.72. The fraction of sp³-hybridized carbons (Fsp3) is 0.625. The number of nitrogens with zero attached hydrogens (tertiary/aromatic N) is 5. The van der Waals surface area contributed by atoms with Crippen LogP contribution in [0.5, 0.6) is 5.75 Å². The van der Waals surface area contributed by atoms with Crippen molar-refractivity contribution in [2.24, 2.45) is 18.4 Å². The summed E-state index contributed by atoms with van der Waals surface area (Å²) in [5, 5.41) is 15.4. The Labute approximate surface area is 206 Å². The molecular formula is C24H36N6O3S. The van der Waals surface area contributed by atoms with Crippen LogP contribution in [0.4, 0.5) is 4.79 Å². The maximum atomic E-state index is 12.7. The molecule has 9 nitrogen and oxygen atoms in total. The molecule has 1 saturated heterocycles. The van der Waals surface area contributed by atoms with Crippen molar-refractivity contribution < 1.29 is 14.3 Å². The van der Waals surface area contributed by atoms with Gasteiger partial charge < -0.3 is 15.0 Å². The molecule has 2 aromatic rings. The lowest BCUT2D eigenvalue weighted by Gasteiger charge is -2.33. The van der Waals surface area contributed by atoms with Gasteiger partial charge in [-0.3, -0.25) is 4.79 Å². The topological polar surface area (TPSA) is 102 Å². The minimum atomic E-state index is -0.355. The average molecular weight is 489 g/mol. The Bertz CT molecular complexity index is 975. The minimum Gasteiger partial charge on any atom is -0.410 e. The van der Waals surface area contributed by atoms with Crippen molar-refractivity contribution in [2.45, 2.75) is 64.6 Å². The smallest absolute Gasteiger partial charge is 0.410 e. The summed E-state index contributed by atoms with van der Waals surface area (Å²) in [5.41, 5.74) is 0.324. The van der Waals surface area contributed by atoms with Crippen LogP contribution in [-0.4, -0.2) is 61.5 Å². The van der Waals surface area contributed by atoms with E-state index in [-0.39, 0.29) is 23.0 Å². The molecule has 2 heterocycles. The molecule has 34 heavy (non-hydrogen) atoms. The van der Waals surface area contributed by atoms with Crippen LogP contribution in [0.2, 0.25) is 0 Å². The molecule has 1 aliphatic rings. The summed E-state index contributed by atoms with van der Waals surface area (Å²) in [6.45, 7) is 11.8. The SMILES string of the molecule is Cn1nnnc1SCC1CCN(C(=O)Oc2ccc(C(=O)NC(C)(C)CC(C)(C)C)cc2)CC1. The highest BCUT2D eigenvalue weighted by molar-refractivity contribution is 7.99. The van der Waals surface area contributed by atoms with Crippen LogP contribution in [0.3, 0.4) is 0 Å². The van der Waals surface area contributed by atoms with Crippen molar-refractivity contribution in [1.82, 2.24) is 30.4 Å². The van der Waals surface area contributed by atoms with Crippen molar-refractivity contribution in [1.29, 1.82) is 0 Å². The van der Waals surface area contributed by atoms with Crippen LogP contribution in [-0.2, 0) is 7.05 Å². The maximum Gasteiger partial charge on any atom is 0.415 e. The van der Waals surface area contributed by atoms with Crippen molar-refractivity contribution in [3.05, 3.63) is 29.8 Å². The standard InChI is InChI=1S/C24H36N6O3S/c1-23(2,3)16-24(4,5)25-20(31)18-7-9-19(10-8-18)33-22(32)30-13-11-17(12-14-30)15-34-21-26-27-28-29(21)6/h7-10,17H,11-16H2,1-6H3,(H,25,31). The molecule has 1 fully saturated rings. The molecule has 0 saturated carbocycles. The monoisotopic (exact) mass is 488 g/mol. The third-order valence-electron chi connectivity index (χ3n) is 5.65. The molecule has 2 amide bonds. The molecule has 186 valence electrons. The molecule has 1 aliphatic heterocycles. The van der Waals surface area contributed by atoms with Crippen LogP contribution >= 0.6 is 11.8 Å². The largest absolute Gasteiger partial charge is 0.415 e. The first-order valence-corrected chi connectivity index (χ1v) is 12.6. The van der Waals surface area contributed by atoms with E-state index in [1.54, 1.807) is 45.6 Å². The number of rotatable bonds is 7. The molecule has 0 radical (unpaired) electrons. The summed E-state index contributed by atoms with van der Waals surface area (Å²) < 4.78 is 7.21. The van der Waals surface area contributed by atoms with Crippen LogP contribution < -0.4 is 10.1 Å². The second-order valence-electron chi connectivity index (χ2n) is 10.8. The Morgan fingerprint density at radius 2 is 1.76 bits per heavy atom. The van der Waals surface area contributed by atoms with Crippen molar-refractivity contribution in [3.8, 4) is 5.75 Å². The number of tetrazole rings is 1. The normalized spacial score (nSPS) is 15.3. The highest BCUT2D eigenvalue weighted by Crippen LogP contribution is 2.28. The average Bonchev–Trinajstić information content (AvgIpc) is 3.15. The van der Waals surface area contributed by atoms with Gasteiger partial charge in [-0.25, -0.2) is 9.48 Å². The van der Waals surface area contributed by atoms with E-state index in [1.807, 2.05) is 20.9 Å². The number of hydrogen-bond donors (Lipinski definition) is 1. The predicted octanol–water partition coefficient (Wildman–Crippen LogP) is 4.16. The lowest BCUT2D eigenvalue weighted by atomic mass is 9.81. The van der Waals surface area contributed by atoms with E-state index >= 15 is 0 Å². The third kappa shape index (κ3) is 7.72. The van der Waals surface area contributed by atoms with Gasteiger partial charge in [0.05, 0.1) is 0 Å². The van der Waals surface area contributed by atoms with Gasteiger partial charge in [-0.05, 0) is 79.1 Å². The Morgan fingerprint density at radius 3 is 2.32 bits per heavy atom. The van der Waals surface area contributed by atoms with Gasteiger partial charge >= 0.3 is 6.09 Å². The number of hydrogen-bond acceptors (Lipinski definition) is 7. The number of likely N-dealkylation sites (tertiary alicyclic amines) is 1. The van der Waals surface area contributed by atoms with Crippen LogP contribution in [0.1, 0.15) is 64.2 Å². The molecule has 0 aliphatic carbocycles. The number of aromatic nitrogens is 4. The number of aryl methyl sites for hydroxylation is 1. The van der Waals surface area contributed by atoms with Gasteiger partial charge in [0, 0.05) is 37.0 Å². The zero-order chi connectivity index (χ0) is 24.9. The van der Waals surface area contributed by atoms with Crippen LogP contribution in [0, 0.1) is 11.3 Å². The second kappa shape index (κ2) is 10.8. The summed E-state index contributed by atoms with van der Waals surface area (Å²) in [6.07, 6.45) is 2.33. The molecule has 1 aromatic carbocycles. The minimum absolute atomic E-state index is 0.107. The van der Waals surface area contributed by atoms with E-state index in [2.05, 4.69) is 41.6 Å². The Morgan fingerprint density at radius 1 is 1.12 bits per heavy atom. The van der Waals surface area contributed by atoms with E-state index in [4.69, 9.17) is 4.74 Å². The van der Waals surface area contributed by atoms with Gasteiger partial charge in [0.15, 0.2) is 0 Å². The second-order valence-corrected chi connectivity index (χ2v) is 11.8. The number of nitrogens with one attached hydrogen (secondary N) is 1. The zero-order valence-electron chi connectivity index (χ0n) is 21.0. The van der Waals surface area contributed by atoms with Gasteiger partial charge in [0.1, 0.15) is 5.75 Å². The van der Waals surface area contributed by atoms with Gasteiger partial charge in [0.25, 0.3) is 5.91 Å². The number of carbonyl (C=O) groups is 2. The molecular weight excluding hydrogens is 452 g/mol. The predicted molar refractivity (Wildman–Crippen MR) is 132 cm³/mol. The molecule has 0 unspecified atom stereocenters. The number of amides is 2. The van der Waals surface area contributed by atoms with E-state index in [0.717, 1.165) is 30.2 Å². The molecule has 0 atom stereocenters. The molecule has 0 spiro atoms. The maximum absolute atomic E-state index is 12.7. The number of ether oxygens (including phenoxy) is 1. The Hall–Kier alpha value is -2.62. The molecule has 10 heteroatoms. The fourth-order valence-electron chi connectivity index (χ4n) is 4.41. The van der Waals surface area contributed by atoms with E-state index in [9.17, 15) is 9.59 Å². The van der Waals surface area contributed by atoms with Crippen LogP contribution in [0.25, 0.3) is 0 Å². The van der Waals surface area contributed by atoms with Gasteiger partial charge in [-0.1, -0.05) is 32.5 Å². The van der Waals surface area contributed by atoms with Gasteiger partial charge in [0.2, 0.25) is 5.16 Å². The van der Waals surface area contributed by atoms with Crippen molar-refractivity contribution in [2.75, 3.05) is 18.8 Å². The summed E-state index contributed by atoms with van der Waals surface area (Å²) in [5.74, 6) is 1.73. The molecule has 0 bridgehead atoms. The number of thioether (sulfide) groups is 1. The fourth-order valence-corrected chi connectivity index (χ4v) is 5.44.